The zero-order chi connectivity index (χ0) is 20.9. The standard InChI is InChI=1S/C23H25NO4S/c1-18-9-11-19(12-10-18)13-16-29(25,26)24-14-4-5-15-27-21-8-6-7-20-17-23(2,3)28-22(20)21/h6-13,16,24H,14-15,17H2,1-3H3/b16-13+. The van der Waals surface area contributed by atoms with Crippen LogP contribution in [0.4, 0.5) is 0 Å². The molecule has 0 bridgehead atoms. The Kier molecular flexibility index (Phi) is 6.31. The molecule has 0 atom stereocenters. The summed E-state index contributed by atoms with van der Waals surface area (Å²) < 4.78 is 38.1. The molecule has 1 aliphatic rings. The van der Waals surface area contributed by atoms with Gasteiger partial charge in [-0.25, -0.2) is 8.42 Å². The minimum Gasteiger partial charge on any atom is -0.483 e. The Bertz CT molecular complexity index is 1060. The van der Waals surface area contributed by atoms with Crippen molar-refractivity contribution >= 4 is 16.1 Å². The highest BCUT2D eigenvalue weighted by molar-refractivity contribution is 7.92. The molecule has 1 heterocycles. The highest BCUT2D eigenvalue weighted by atomic mass is 32.2. The van der Waals surface area contributed by atoms with Crippen molar-refractivity contribution in [3.05, 3.63) is 64.6 Å². The van der Waals surface area contributed by atoms with E-state index in [0.717, 1.165) is 34.3 Å². The number of ether oxygens (including phenoxy) is 2. The van der Waals surface area contributed by atoms with Gasteiger partial charge in [0, 0.05) is 17.4 Å². The van der Waals surface area contributed by atoms with E-state index in [2.05, 4.69) is 16.6 Å². The second kappa shape index (κ2) is 8.73. The number of rotatable bonds is 6. The van der Waals surface area contributed by atoms with Crippen LogP contribution in [-0.4, -0.2) is 27.2 Å². The smallest absolute Gasteiger partial charge is 0.234 e. The van der Waals surface area contributed by atoms with Gasteiger partial charge >= 0.3 is 0 Å². The summed E-state index contributed by atoms with van der Waals surface area (Å²) in [5.74, 6) is 7.00. The summed E-state index contributed by atoms with van der Waals surface area (Å²) in [6, 6.07) is 13.4. The molecule has 0 fully saturated rings. The zero-order valence-corrected chi connectivity index (χ0v) is 17.7. The molecular weight excluding hydrogens is 386 g/mol. The van der Waals surface area contributed by atoms with E-state index in [1.165, 1.54) is 0 Å². The minimum atomic E-state index is -3.54. The Morgan fingerprint density at radius 2 is 1.93 bits per heavy atom. The fraction of sp³-hybridized carbons (Fsp3) is 0.304. The summed E-state index contributed by atoms with van der Waals surface area (Å²) in [7, 11) is -3.54. The lowest BCUT2D eigenvalue weighted by molar-refractivity contribution is 0.133. The molecule has 0 saturated heterocycles. The molecule has 3 rings (SSSR count). The summed E-state index contributed by atoms with van der Waals surface area (Å²) in [4.78, 5) is 0. The molecule has 1 aliphatic heterocycles. The van der Waals surface area contributed by atoms with Gasteiger partial charge in [0.1, 0.15) is 12.2 Å². The largest absolute Gasteiger partial charge is 0.483 e. The summed E-state index contributed by atoms with van der Waals surface area (Å²) in [5.41, 5.74) is 2.82. The third-order valence-electron chi connectivity index (χ3n) is 4.36. The van der Waals surface area contributed by atoms with E-state index >= 15 is 0 Å². The Morgan fingerprint density at radius 1 is 1.17 bits per heavy atom. The van der Waals surface area contributed by atoms with Gasteiger partial charge in [0.15, 0.2) is 11.5 Å². The van der Waals surface area contributed by atoms with E-state index in [1.807, 2.05) is 63.2 Å². The number of hydrogen-bond acceptors (Lipinski definition) is 4. The number of nitrogens with one attached hydrogen (secondary N) is 1. The van der Waals surface area contributed by atoms with Crippen molar-refractivity contribution in [3.8, 4) is 23.3 Å². The quantitative estimate of drug-likeness (QED) is 0.737. The highest BCUT2D eigenvalue weighted by Gasteiger charge is 2.32. The van der Waals surface area contributed by atoms with Crippen LogP contribution < -0.4 is 14.2 Å². The van der Waals surface area contributed by atoms with Gasteiger partial charge < -0.3 is 9.47 Å². The van der Waals surface area contributed by atoms with Crippen LogP contribution in [0.25, 0.3) is 6.08 Å². The molecule has 152 valence electrons. The number of aryl methyl sites for hydroxylation is 1. The predicted octanol–water partition coefficient (Wildman–Crippen LogP) is 3.68. The first-order valence-corrected chi connectivity index (χ1v) is 10.9. The number of fused-ring (bicyclic) bond motifs is 1. The molecule has 2 aromatic rings. The second-order valence-electron chi connectivity index (χ2n) is 7.50. The van der Waals surface area contributed by atoms with E-state index in [-0.39, 0.29) is 18.8 Å². The maximum Gasteiger partial charge on any atom is 0.234 e. The number of benzene rings is 2. The summed E-state index contributed by atoms with van der Waals surface area (Å²) >= 11 is 0. The van der Waals surface area contributed by atoms with E-state index in [0.29, 0.717) is 5.75 Å². The molecule has 5 nitrogen and oxygen atoms in total. The van der Waals surface area contributed by atoms with Crippen molar-refractivity contribution in [3.63, 3.8) is 0 Å². The second-order valence-corrected chi connectivity index (χ2v) is 9.16. The third kappa shape index (κ3) is 6.11. The molecule has 0 saturated carbocycles. The lowest BCUT2D eigenvalue weighted by Gasteiger charge is -2.17. The molecular formula is C23H25NO4S. The van der Waals surface area contributed by atoms with Gasteiger partial charge in [0.05, 0.1) is 6.54 Å². The van der Waals surface area contributed by atoms with Crippen molar-refractivity contribution < 1.29 is 17.9 Å². The molecule has 0 spiro atoms. The van der Waals surface area contributed by atoms with Crippen molar-refractivity contribution in [2.45, 2.75) is 32.8 Å². The molecule has 0 amide bonds. The van der Waals surface area contributed by atoms with Crippen LogP contribution in [0.3, 0.4) is 0 Å². The third-order valence-corrected chi connectivity index (χ3v) is 5.40. The zero-order valence-electron chi connectivity index (χ0n) is 16.9. The van der Waals surface area contributed by atoms with Gasteiger partial charge in [0.2, 0.25) is 10.0 Å². The van der Waals surface area contributed by atoms with E-state index < -0.39 is 10.0 Å². The Labute approximate surface area is 172 Å². The number of para-hydroxylation sites is 1. The fourth-order valence-electron chi connectivity index (χ4n) is 2.96. The summed E-state index contributed by atoms with van der Waals surface area (Å²) in [6.45, 7) is 6.22. The maximum absolute atomic E-state index is 12.0. The van der Waals surface area contributed by atoms with Gasteiger partial charge in [-0.1, -0.05) is 53.8 Å². The average Bonchev–Trinajstić information content (AvgIpc) is 2.98. The van der Waals surface area contributed by atoms with Crippen LogP contribution in [0.1, 0.15) is 30.5 Å². The van der Waals surface area contributed by atoms with Gasteiger partial charge in [0.25, 0.3) is 0 Å². The van der Waals surface area contributed by atoms with Crippen molar-refractivity contribution in [2.75, 3.05) is 13.2 Å². The van der Waals surface area contributed by atoms with Crippen LogP contribution in [0.15, 0.2) is 47.9 Å². The van der Waals surface area contributed by atoms with Crippen molar-refractivity contribution in [1.29, 1.82) is 0 Å². The van der Waals surface area contributed by atoms with Crippen molar-refractivity contribution in [2.24, 2.45) is 0 Å². The molecule has 29 heavy (non-hydrogen) atoms. The molecule has 2 aromatic carbocycles. The van der Waals surface area contributed by atoms with E-state index in [4.69, 9.17) is 9.47 Å². The van der Waals surface area contributed by atoms with Gasteiger partial charge in [-0.3, -0.25) is 0 Å². The first-order valence-electron chi connectivity index (χ1n) is 9.38. The van der Waals surface area contributed by atoms with Crippen LogP contribution >= 0.6 is 0 Å². The monoisotopic (exact) mass is 411 g/mol. The lowest BCUT2D eigenvalue weighted by Crippen LogP contribution is -2.24. The molecule has 0 aromatic heterocycles. The number of sulfonamides is 1. The Balaban J connectivity index is 1.48. The molecule has 0 unspecified atom stereocenters. The Morgan fingerprint density at radius 3 is 2.69 bits per heavy atom. The van der Waals surface area contributed by atoms with Gasteiger partial charge in [-0.2, -0.15) is 4.72 Å². The van der Waals surface area contributed by atoms with Crippen LogP contribution in [0, 0.1) is 18.8 Å². The van der Waals surface area contributed by atoms with Crippen LogP contribution in [0.2, 0.25) is 0 Å². The first kappa shape index (κ1) is 21.0. The maximum atomic E-state index is 12.0. The molecule has 1 N–H and O–H groups in total. The van der Waals surface area contributed by atoms with Gasteiger partial charge in [-0.15, -0.1) is 0 Å². The van der Waals surface area contributed by atoms with E-state index in [1.54, 1.807) is 6.08 Å². The molecule has 6 heteroatoms. The highest BCUT2D eigenvalue weighted by Crippen LogP contribution is 2.41. The van der Waals surface area contributed by atoms with Crippen LogP contribution in [-0.2, 0) is 16.4 Å². The number of hydrogen-bond donors (Lipinski definition) is 1. The van der Waals surface area contributed by atoms with Crippen LogP contribution in [0.5, 0.6) is 11.5 Å². The fourth-order valence-corrected chi connectivity index (χ4v) is 3.66. The SMILES string of the molecule is Cc1ccc(/C=C/S(=O)(=O)NCC#CCOc2cccc3c2OC(C)(C)C3)cc1. The lowest BCUT2D eigenvalue weighted by atomic mass is 10.0. The normalized spacial score (nSPS) is 14.7. The first-order chi connectivity index (χ1) is 13.7. The predicted molar refractivity (Wildman–Crippen MR) is 115 cm³/mol. The van der Waals surface area contributed by atoms with Gasteiger partial charge in [-0.05, 0) is 38.5 Å². The summed E-state index contributed by atoms with van der Waals surface area (Å²) in [5, 5.41) is 1.14. The topological polar surface area (TPSA) is 64.6 Å². The van der Waals surface area contributed by atoms with E-state index in [9.17, 15) is 8.42 Å². The molecule has 0 radical (unpaired) electrons. The molecule has 0 aliphatic carbocycles. The average molecular weight is 412 g/mol. The van der Waals surface area contributed by atoms with Crippen molar-refractivity contribution in [1.82, 2.24) is 4.72 Å². The summed E-state index contributed by atoms with van der Waals surface area (Å²) in [6.07, 6.45) is 2.39. The Hall–Kier alpha value is -2.75. The minimum absolute atomic E-state index is 0.0142.